The third-order valence-corrected chi connectivity index (χ3v) is 3.33. The maximum absolute atomic E-state index is 12.9. The topological polar surface area (TPSA) is 96.0 Å². The number of nitro benzene ring substituents is 1. The lowest BCUT2D eigenvalue weighted by atomic mass is 10.1. The summed E-state index contributed by atoms with van der Waals surface area (Å²) in [4.78, 5) is 22.3. The second-order valence-corrected chi connectivity index (χ2v) is 4.92. The molecule has 116 valence electrons. The Kier molecular flexibility index (Phi) is 4.88. The molecule has 0 aromatic heterocycles. The Labute approximate surface area is 135 Å². The molecule has 0 aliphatic carbocycles. The Hall–Kier alpha value is -2.98. The number of nitrogens with zero attached hydrogens (tertiary/aromatic N) is 2. The largest absolute Gasteiger partial charge is 0.332 e. The minimum absolute atomic E-state index is 0.0107. The number of rotatable bonds is 4. The molecule has 1 N–H and O–H groups in total. The molecule has 23 heavy (non-hydrogen) atoms. The Morgan fingerprint density at radius 2 is 1.96 bits per heavy atom. The van der Waals surface area contributed by atoms with Crippen LogP contribution >= 0.6 is 11.6 Å². The van der Waals surface area contributed by atoms with Crippen LogP contribution in [-0.2, 0) is 0 Å². The Morgan fingerprint density at radius 3 is 2.52 bits per heavy atom. The van der Waals surface area contributed by atoms with Crippen LogP contribution in [-0.4, -0.2) is 10.8 Å². The number of amides is 1. The van der Waals surface area contributed by atoms with Gasteiger partial charge in [-0.15, -0.1) is 0 Å². The van der Waals surface area contributed by atoms with E-state index in [1.807, 2.05) is 6.07 Å². The van der Waals surface area contributed by atoms with E-state index < -0.39 is 28.4 Å². The molecule has 0 aliphatic heterocycles. The van der Waals surface area contributed by atoms with Crippen molar-refractivity contribution in [2.24, 2.45) is 0 Å². The smallest absolute Gasteiger partial charge is 0.288 e. The van der Waals surface area contributed by atoms with Gasteiger partial charge >= 0.3 is 0 Å². The van der Waals surface area contributed by atoms with E-state index in [1.54, 1.807) is 0 Å². The second kappa shape index (κ2) is 6.85. The molecule has 8 heteroatoms. The van der Waals surface area contributed by atoms with Gasteiger partial charge in [-0.25, -0.2) is 4.39 Å². The molecule has 6 nitrogen and oxygen atoms in total. The van der Waals surface area contributed by atoms with E-state index in [0.717, 1.165) is 6.07 Å². The molecule has 0 unspecified atom stereocenters. The van der Waals surface area contributed by atoms with Crippen molar-refractivity contribution < 1.29 is 14.1 Å². The van der Waals surface area contributed by atoms with E-state index in [0.29, 0.717) is 5.56 Å². The van der Waals surface area contributed by atoms with Gasteiger partial charge in [-0.1, -0.05) is 23.7 Å². The van der Waals surface area contributed by atoms with Crippen molar-refractivity contribution in [3.63, 3.8) is 0 Å². The standard InChI is InChI=1S/C15H9ClFN3O3/c16-12-6-3-10(7-14(12)20(22)23)15(21)19-13(8-18)9-1-4-11(17)5-2-9/h1-7,13H,(H,19,21)/t13-/m1/s1. The molecule has 0 aliphatic rings. The molecule has 0 spiro atoms. The number of hydrogen-bond acceptors (Lipinski definition) is 4. The molecule has 1 amide bonds. The van der Waals surface area contributed by atoms with Crippen molar-refractivity contribution in [2.45, 2.75) is 6.04 Å². The molecule has 2 aromatic carbocycles. The maximum atomic E-state index is 12.9. The molecule has 0 heterocycles. The van der Waals surface area contributed by atoms with E-state index in [1.165, 1.54) is 36.4 Å². The van der Waals surface area contributed by atoms with E-state index in [9.17, 15) is 19.3 Å². The fourth-order valence-electron chi connectivity index (χ4n) is 1.85. The summed E-state index contributed by atoms with van der Waals surface area (Å²) in [6.45, 7) is 0. The summed E-state index contributed by atoms with van der Waals surface area (Å²) in [5.74, 6) is -1.15. The van der Waals surface area contributed by atoms with Crippen LogP contribution < -0.4 is 5.32 Å². The molecular formula is C15H9ClFN3O3. The first-order valence-corrected chi connectivity index (χ1v) is 6.70. The zero-order valence-electron chi connectivity index (χ0n) is 11.5. The van der Waals surface area contributed by atoms with Gasteiger partial charge in [0.2, 0.25) is 0 Å². The summed E-state index contributed by atoms with van der Waals surface area (Å²) >= 11 is 5.68. The van der Waals surface area contributed by atoms with Crippen LogP contribution in [0.1, 0.15) is 22.0 Å². The quantitative estimate of drug-likeness (QED) is 0.685. The van der Waals surface area contributed by atoms with Crippen LogP contribution in [0.3, 0.4) is 0 Å². The van der Waals surface area contributed by atoms with Gasteiger partial charge in [-0.2, -0.15) is 5.26 Å². The highest BCUT2D eigenvalue weighted by atomic mass is 35.5. The van der Waals surface area contributed by atoms with Crippen molar-refractivity contribution in [3.8, 4) is 6.07 Å². The van der Waals surface area contributed by atoms with E-state index in [-0.39, 0.29) is 10.6 Å². The number of nitriles is 1. The highest BCUT2D eigenvalue weighted by Gasteiger charge is 2.19. The van der Waals surface area contributed by atoms with Crippen molar-refractivity contribution in [2.75, 3.05) is 0 Å². The fourth-order valence-corrected chi connectivity index (χ4v) is 2.04. The minimum atomic E-state index is -1.02. The van der Waals surface area contributed by atoms with Crippen LogP contribution in [0.15, 0.2) is 42.5 Å². The summed E-state index contributed by atoms with van der Waals surface area (Å²) in [7, 11) is 0. The lowest BCUT2D eigenvalue weighted by molar-refractivity contribution is -0.384. The van der Waals surface area contributed by atoms with E-state index >= 15 is 0 Å². The number of carbonyl (C=O) groups excluding carboxylic acids is 1. The molecule has 1 atom stereocenters. The van der Waals surface area contributed by atoms with Crippen molar-refractivity contribution in [1.29, 1.82) is 5.26 Å². The summed E-state index contributed by atoms with van der Waals surface area (Å²) in [5.41, 5.74) is -0.0243. The molecule has 2 rings (SSSR count). The van der Waals surface area contributed by atoms with Crippen LogP contribution in [0.25, 0.3) is 0 Å². The maximum Gasteiger partial charge on any atom is 0.288 e. The van der Waals surface area contributed by atoms with Crippen molar-refractivity contribution >= 4 is 23.2 Å². The molecule has 2 aromatic rings. The first-order valence-electron chi connectivity index (χ1n) is 6.32. The lowest BCUT2D eigenvalue weighted by Gasteiger charge is -2.12. The predicted octanol–water partition coefficient (Wildman–Crippen LogP) is 3.38. The first-order chi connectivity index (χ1) is 10.9. The van der Waals surface area contributed by atoms with Gasteiger partial charge in [0.1, 0.15) is 16.9 Å². The normalized spacial score (nSPS) is 11.3. The third kappa shape index (κ3) is 3.81. The lowest BCUT2D eigenvalue weighted by Crippen LogP contribution is -2.27. The monoisotopic (exact) mass is 333 g/mol. The van der Waals surface area contributed by atoms with Gasteiger partial charge in [-0.3, -0.25) is 14.9 Å². The Balaban J connectivity index is 2.23. The molecule has 0 saturated heterocycles. The highest BCUT2D eigenvalue weighted by molar-refractivity contribution is 6.32. The molecule has 0 radical (unpaired) electrons. The van der Waals surface area contributed by atoms with Crippen LogP contribution in [0, 0.1) is 27.3 Å². The molecule has 0 saturated carbocycles. The average molecular weight is 334 g/mol. The van der Waals surface area contributed by atoms with Gasteiger partial charge in [0.15, 0.2) is 0 Å². The van der Waals surface area contributed by atoms with E-state index in [4.69, 9.17) is 16.9 Å². The number of nitrogens with one attached hydrogen (secondary N) is 1. The third-order valence-electron chi connectivity index (χ3n) is 3.01. The SMILES string of the molecule is N#C[C@@H](NC(=O)c1ccc(Cl)c([N+](=O)[O-])c1)c1ccc(F)cc1. The fraction of sp³-hybridized carbons (Fsp3) is 0.0667. The van der Waals surface area contributed by atoms with Gasteiger partial charge in [0.05, 0.1) is 11.0 Å². The predicted molar refractivity (Wildman–Crippen MR) is 80.3 cm³/mol. The van der Waals surface area contributed by atoms with Crippen molar-refractivity contribution in [1.82, 2.24) is 5.32 Å². The Bertz CT molecular complexity index is 803. The number of carbonyl (C=O) groups is 1. The minimum Gasteiger partial charge on any atom is -0.332 e. The zero-order chi connectivity index (χ0) is 17.0. The second-order valence-electron chi connectivity index (χ2n) is 4.51. The first kappa shape index (κ1) is 16.4. The summed E-state index contributed by atoms with van der Waals surface area (Å²) in [6, 6.07) is 9.49. The average Bonchev–Trinajstić information content (AvgIpc) is 2.53. The van der Waals surface area contributed by atoms with Crippen LogP contribution in [0.5, 0.6) is 0 Å². The molecule has 0 fully saturated rings. The highest BCUT2D eigenvalue weighted by Crippen LogP contribution is 2.25. The summed E-state index contributed by atoms with van der Waals surface area (Å²) in [6.07, 6.45) is 0. The molecule has 0 bridgehead atoms. The van der Waals surface area contributed by atoms with Gasteiger partial charge in [0.25, 0.3) is 11.6 Å². The number of benzene rings is 2. The Morgan fingerprint density at radius 1 is 1.30 bits per heavy atom. The molecular weight excluding hydrogens is 325 g/mol. The van der Waals surface area contributed by atoms with E-state index in [2.05, 4.69) is 5.32 Å². The number of hydrogen-bond donors (Lipinski definition) is 1. The summed E-state index contributed by atoms with van der Waals surface area (Å²) in [5, 5.41) is 22.3. The van der Waals surface area contributed by atoms with Crippen LogP contribution in [0.2, 0.25) is 5.02 Å². The summed E-state index contributed by atoms with van der Waals surface area (Å²) < 4.78 is 12.9. The van der Waals surface area contributed by atoms with Crippen LogP contribution in [0.4, 0.5) is 10.1 Å². The van der Waals surface area contributed by atoms with Crippen molar-refractivity contribution in [3.05, 3.63) is 74.5 Å². The number of nitro groups is 1. The van der Waals surface area contributed by atoms with Gasteiger partial charge in [-0.05, 0) is 29.8 Å². The zero-order valence-corrected chi connectivity index (χ0v) is 12.2. The van der Waals surface area contributed by atoms with Gasteiger partial charge < -0.3 is 5.32 Å². The number of halogens is 2. The van der Waals surface area contributed by atoms with Gasteiger partial charge in [0, 0.05) is 11.6 Å².